The maximum atomic E-state index is 14.0. The number of hydrogen-bond donors (Lipinski definition) is 1. The van der Waals surface area contributed by atoms with Gasteiger partial charge in [0.15, 0.2) is 0 Å². The van der Waals surface area contributed by atoms with E-state index in [0.29, 0.717) is 0 Å². The van der Waals surface area contributed by atoms with Gasteiger partial charge in [0.25, 0.3) is 0 Å². The van der Waals surface area contributed by atoms with E-state index in [9.17, 15) is 4.39 Å². The molecule has 1 aliphatic rings. The first-order valence-corrected chi connectivity index (χ1v) is 8.62. The second kappa shape index (κ2) is 6.29. The van der Waals surface area contributed by atoms with E-state index in [2.05, 4.69) is 12.2 Å². The Bertz CT molecular complexity index is 585. The van der Waals surface area contributed by atoms with Crippen LogP contribution in [0.4, 0.5) is 4.39 Å². The third kappa shape index (κ3) is 3.53. The minimum Gasteiger partial charge on any atom is -0.307 e. The van der Waals surface area contributed by atoms with Crippen LogP contribution in [0.1, 0.15) is 44.6 Å². The Balaban J connectivity index is 1.73. The molecular weight excluding hydrogens is 281 g/mol. The van der Waals surface area contributed by atoms with Crippen molar-refractivity contribution in [1.82, 2.24) is 5.32 Å². The second-order valence-corrected chi connectivity index (χ2v) is 7.21. The van der Waals surface area contributed by atoms with Crippen LogP contribution in [0.25, 0.3) is 10.4 Å². The summed E-state index contributed by atoms with van der Waals surface area (Å²) in [5.41, 5.74) is 2.13. The first-order chi connectivity index (χ1) is 10.2. The second-order valence-electron chi connectivity index (χ2n) is 6.27. The zero-order valence-corrected chi connectivity index (χ0v) is 13.3. The molecule has 0 radical (unpaired) electrons. The SMILES string of the molecule is CC1(NCc2ccc(F)c(-c3cccs3)c2)CCCCC1. The zero-order chi connectivity index (χ0) is 14.7. The van der Waals surface area contributed by atoms with E-state index in [1.54, 1.807) is 17.4 Å². The van der Waals surface area contributed by atoms with E-state index in [-0.39, 0.29) is 11.4 Å². The Morgan fingerprint density at radius 1 is 1.19 bits per heavy atom. The van der Waals surface area contributed by atoms with Gasteiger partial charge in [0.1, 0.15) is 5.82 Å². The number of thiophene rings is 1. The van der Waals surface area contributed by atoms with Crippen LogP contribution >= 0.6 is 11.3 Å². The quantitative estimate of drug-likeness (QED) is 0.801. The summed E-state index contributed by atoms with van der Waals surface area (Å²) in [6.45, 7) is 3.13. The molecule has 0 spiro atoms. The summed E-state index contributed by atoms with van der Waals surface area (Å²) in [5.74, 6) is -0.134. The summed E-state index contributed by atoms with van der Waals surface area (Å²) in [7, 11) is 0. The molecule has 3 heteroatoms. The highest BCUT2D eigenvalue weighted by Crippen LogP contribution is 2.30. The Morgan fingerprint density at radius 2 is 2.00 bits per heavy atom. The van der Waals surface area contributed by atoms with Crippen LogP contribution in [-0.4, -0.2) is 5.54 Å². The van der Waals surface area contributed by atoms with Gasteiger partial charge in [0, 0.05) is 22.5 Å². The molecule has 0 amide bonds. The highest BCUT2D eigenvalue weighted by atomic mass is 32.1. The van der Waals surface area contributed by atoms with Gasteiger partial charge in [-0.2, -0.15) is 0 Å². The smallest absolute Gasteiger partial charge is 0.131 e. The number of nitrogens with one attached hydrogen (secondary N) is 1. The molecule has 1 N–H and O–H groups in total. The van der Waals surface area contributed by atoms with Crippen LogP contribution in [-0.2, 0) is 6.54 Å². The number of rotatable bonds is 4. The van der Waals surface area contributed by atoms with Gasteiger partial charge < -0.3 is 5.32 Å². The van der Waals surface area contributed by atoms with Crippen LogP contribution < -0.4 is 5.32 Å². The first-order valence-electron chi connectivity index (χ1n) is 7.74. The summed E-state index contributed by atoms with van der Waals surface area (Å²) in [6.07, 6.45) is 6.47. The Hall–Kier alpha value is -1.19. The third-order valence-electron chi connectivity index (χ3n) is 4.49. The molecule has 21 heavy (non-hydrogen) atoms. The van der Waals surface area contributed by atoms with E-state index in [1.165, 1.54) is 32.1 Å². The molecular formula is C18H22FNS. The van der Waals surface area contributed by atoms with Crippen molar-refractivity contribution < 1.29 is 4.39 Å². The summed E-state index contributed by atoms with van der Waals surface area (Å²) in [6, 6.07) is 9.41. The lowest BCUT2D eigenvalue weighted by Crippen LogP contribution is -2.43. The lowest BCUT2D eigenvalue weighted by atomic mass is 9.83. The largest absolute Gasteiger partial charge is 0.307 e. The van der Waals surface area contributed by atoms with Gasteiger partial charge in [0.2, 0.25) is 0 Å². The molecule has 1 aromatic heterocycles. The van der Waals surface area contributed by atoms with Crippen LogP contribution in [0.3, 0.4) is 0 Å². The molecule has 0 bridgehead atoms. The fourth-order valence-corrected chi connectivity index (χ4v) is 3.87. The highest BCUT2D eigenvalue weighted by molar-refractivity contribution is 7.13. The zero-order valence-electron chi connectivity index (χ0n) is 12.5. The summed E-state index contributed by atoms with van der Waals surface area (Å²) in [5, 5.41) is 5.68. The fraction of sp³-hybridized carbons (Fsp3) is 0.444. The first kappa shape index (κ1) is 14.7. The molecule has 1 aromatic carbocycles. The minimum absolute atomic E-state index is 0.134. The maximum Gasteiger partial charge on any atom is 0.131 e. The minimum atomic E-state index is -0.134. The van der Waals surface area contributed by atoms with Crippen molar-refractivity contribution in [1.29, 1.82) is 0 Å². The van der Waals surface area contributed by atoms with Gasteiger partial charge >= 0.3 is 0 Å². The fourth-order valence-electron chi connectivity index (χ4n) is 3.13. The van der Waals surface area contributed by atoms with Crippen LogP contribution in [0.2, 0.25) is 0 Å². The molecule has 1 heterocycles. The topological polar surface area (TPSA) is 12.0 Å². The van der Waals surface area contributed by atoms with Gasteiger partial charge in [-0.15, -0.1) is 11.3 Å². The van der Waals surface area contributed by atoms with Crippen molar-refractivity contribution in [2.24, 2.45) is 0 Å². The van der Waals surface area contributed by atoms with Gasteiger partial charge in [-0.05, 0) is 48.9 Å². The predicted octanol–water partition coefficient (Wildman–Crippen LogP) is 5.37. The lowest BCUT2D eigenvalue weighted by molar-refractivity contribution is 0.252. The van der Waals surface area contributed by atoms with Crippen LogP contribution in [0.15, 0.2) is 35.7 Å². The van der Waals surface area contributed by atoms with Crippen molar-refractivity contribution in [3.05, 3.63) is 47.1 Å². The van der Waals surface area contributed by atoms with Crippen LogP contribution in [0.5, 0.6) is 0 Å². The third-order valence-corrected chi connectivity index (χ3v) is 5.40. The van der Waals surface area contributed by atoms with Gasteiger partial charge in [-0.3, -0.25) is 0 Å². The number of benzene rings is 1. The average molecular weight is 303 g/mol. The van der Waals surface area contributed by atoms with E-state index in [4.69, 9.17) is 0 Å². The van der Waals surface area contributed by atoms with Crippen molar-refractivity contribution >= 4 is 11.3 Å². The van der Waals surface area contributed by atoms with E-state index < -0.39 is 0 Å². The standard InChI is InChI=1S/C18H22FNS/c1-18(9-3-2-4-10-18)20-13-14-7-8-16(19)15(12-14)17-6-5-11-21-17/h5-8,11-12,20H,2-4,9-10,13H2,1H3. The summed E-state index contributed by atoms with van der Waals surface area (Å²) in [4.78, 5) is 0.998. The predicted molar refractivity (Wildman–Crippen MR) is 88.0 cm³/mol. The van der Waals surface area contributed by atoms with Crippen molar-refractivity contribution in [3.63, 3.8) is 0 Å². The number of halogens is 1. The Morgan fingerprint density at radius 3 is 2.71 bits per heavy atom. The van der Waals surface area contributed by atoms with E-state index in [1.807, 2.05) is 29.6 Å². The normalized spacial score (nSPS) is 17.8. The Labute approximate surface area is 130 Å². The molecule has 112 valence electrons. The van der Waals surface area contributed by atoms with Gasteiger partial charge in [0.05, 0.1) is 0 Å². The van der Waals surface area contributed by atoms with E-state index >= 15 is 0 Å². The molecule has 3 rings (SSSR count). The van der Waals surface area contributed by atoms with Gasteiger partial charge in [-0.25, -0.2) is 4.39 Å². The molecule has 1 saturated carbocycles. The molecule has 0 atom stereocenters. The summed E-state index contributed by atoms with van der Waals surface area (Å²) >= 11 is 1.58. The lowest BCUT2D eigenvalue weighted by Gasteiger charge is -2.35. The van der Waals surface area contributed by atoms with Crippen molar-refractivity contribution in [2.45, 2.75) is 51.1 Å². The van der Waals surface area contributed by atoms with E-state index in [0.717, 1.165) is 22.5 Å². The highest BCUT2D eigenvalue weighted by Gasteiger charge is 2.25. The monoisotopic (exact) mass is 303 g/mol. The molecule has 0 saturated heterocycles. The molecule has 2 aromatic rings. The maximum absolute atomic E-state index is 14.0. The molecule has 0 unspecified atom stereocenters. The van der Waals surface area contributed by atoms with Crippen molar-refractivity contribution in [2.75, 3.05) is 0 Å². The van der Waals surface area contributed by atoms with Gasteiger partial charge in [-0.1, -0.05) is 31.4 Å². The molecule has 1 aliphatic carbocycles. The molecule has 1 fully saturated rings. The van der Waals surface area contributed by atoms with Crippen molar-refractivity contribution in [3.8, 4) is 10.4 Å². The molecule has 0 aliphatic heterocycles. The Kier molecular flexibility index (Phi) is 4.41. The average Bonchev–Trinajstić information content (AvgIpc) is 3.01. The summed E-state index contributed by atoms with van der Waals surface area (Å²) < 4.78 is 14.0. The molecule has 1 nitrogen and oxygen atoms in total. The number of hydrogen-bond acceptors (Lipinski definition) is 2. The van der Waals surface area contributed by atoms with Crippen LogP contribution in [0, 0.1) is 5.82 Å².